The Hall–Kier alpha value is -2.08. The number of benzene rings is 1. The Morgan fingerprint density at radius 1 is 1.35 bits per heavy atom. The van der Waals surface area contributed by atoms with Gasteiger partial charge in [-0.25, -0.2) is 4.79 Å². The van der Waals surface area contributed by atoms with Gasteiger partial charge in [-0.1, -0.05) is 11.6 Å². The molecule has 1 saturated heterocycles. The normalized spacial score (nSPS) is 14.9. The molecule has 1 fully saturated rings. The van der Waals surface area contributed by atoms with Crippen LogP contribution in [0.5, 0.6) is 5.75 Å². The van der Waals surface area contributed by atoms with Crippen molar-refractivity contribution in [1.82, 2.24) is 4.90 Å². The lowest BCUT2D eigenvalue weighted by Gasteiger charge is -2.26. The van der Waals surface area contributed by atoms with Crippen molar-refractivity contribution in [1.29, 1.82) is 0 Å². The van der Waals surface area contributed by atoms with Gasteiger partial charge in [0.2, 0.25) is 0 Å². The monoisotopic (exact) mass is 279 g/mol. The van der Waals surface area contributed by atoms with Crippen LogP contribution in [-0.4, -0.2) is 54.8 Å². The Labute approximate surface area is 116 Å². The van der Waals surface area contributed by atoms with Crippen LogP contribution >= 0.6 is 0 Å². The summed E-state index contributed by atoms with van der Waals surface area (Å²) in [5.74, 6) is -1.02. The first kappa shape index (κ1) is 14.3. The number of hydrogen-bond acceptors (Lipinski definition) is 4. The van der Waals surface area contributed by atoms with Gasteiger partial charge in [-0.05, 0) is 19.1 Å². The fraction of sp³-hybridized carbons (Fsp3) is 0.429. The Balaban J connectivity index is 1.99. The predicted molar refractivity (Wildman–Crippen MR) is 71.0 cm³/mol. The molecule has 0 aromatic heterocycles. The SMILES string of the molecule is Cc1ccc(OCC(=O)N2CCOCC2)c(C(=O)O)c1. The lowest BCUT2D eigenvalue weighted by atomic mass is 10.1. The maximum absolute atomic E-state index is 11.9. The molecule has 6 nitrogen and oxygen atoms in total. The number of morpholine rings is 1. The number of amides is 1. The summed E-state index contributed by atoms with van der Waals surface area (Å²) in [4.78, 5) is 24.7. The van der Waals surface area contributed by atoms with Gasteiger partial charge in [-0.2, -0.15) is 0 Å². The summed E-state index contributed by atoms with van der Waals surface area (Å²) in [5, 5.41) is 9.11. The van der Waals surface area contributed by atoms with Crippen molar-refractivity contribution in [3.05, 3.63) is 29.3 Å². The fourth-order valence-corrected chi connectivity index (χ4v) is 1.98. The quantitative estimate of drug-likeness (QED) is 0.887. The standard InChI is InChI=1S/C14H17NO5/c1-10-2-3-12(11(8-10)14(17)18)20-9-13(16)15-4-6-19-7-5-15/h2-3,8H,4-7,9H2,1H3,(H,17,18). The van der Waals surface area contributed by atoms with Gasteiger partial charge in [0.1, 0.15) is 11.3 Å². The number of aromatic carboxylic acids is 1. The fourth-order valence-electron chi connectivity index (χ4n) is 1.98. The molecule has 0 aliphatic carbocycles. The third kappa shape index (κ3) is 3.48. The van der Waals surface area contributed by atoms with Gasteiger partial charge < -0.3 is 19.5 Å². The van der Waals surface area contributed by atoms with Crippen LogP contribution in [0.3, 0.4) is 0 Å². The van der Waals surface area contributed by atoms with E-state index in [1.807, 2.05) is 0 Å². The van der Waals surface area contributed by atoms with Crippen LogP contribution in [0.1, 0.15) is 15.9 Å². The van der Waals surface area contributed by atoms with Gasteiger partial charge in [0.05, 0.1) is 13.2 Å². The van der Waals surface area contributed by atoms with Crippen LogP contribution < -0.4 is 4.74 Å². The first-order valence-corrected chi connectivity index (χ1v) is 6.40. The predicted octanol–water partition coefficient (Wildman–Crippen LogP) is 0.931. The molecule has 1 N–H and O–H groups in total. The number of carboxylic acid groups (broad SMARTS) is 1. The molecule has 20 heavy (non-hydrogen) atoms. The Kier molecular flexibility index (Phi) is 4.57. The average molecular weight is 279 g/mol. The number of carbonyl (C=O) groups excluding carboxylic acids is 1. The molecular weight excluding hydrogens is 262 g/mol. The van der Waals surface area contributed by atoms with Crippen LogP contribution in [0.2, 0.25) is 0 Å². The van der Waals surface area contributed by atoms with E-state index in [0.29, 0.717) is 26.3 Å². The van der Waals surface area contributed by atoms with E-state index in [0.717, 1.165) is 5.56 Å². The molecule has 108 valence electrons. The summed E-state index contributed by atoms with van der Waals surface area (Å²) >= 11 is 0. The molecular formula is C14H17NO5. The molecule has 0 atom stereocenters. The van der Waals surface area contributed by atoms with Crippen LogP contribution in [-0.2, 0) is 9.53 Å². The largest absolute Gasteiger partial charge is 0.483 e. The van der Waals surface area contributed by atoms with Crippen molar-refractivity contribution in [2.75, 3.05) is 32.9 Å². The second-order valence-electron chi connectivity index (χ2n) is 4.59. The van der Waals surface area contributed by atoms with E-state index < -0.39 is 5.97 Å². The molecule has 2 rings (SSSR count). The zero-order valence-electron chi connectivity index (χ0n) is 11.3. The minimum Gasteiger partial charge on any atom is -0.483 e. The summed E-state index contributed by atoms with van der Waals surface area (Å²) < 4.78 is 10.5. The van der Waals surface area contributed by atoms with Crippen molar-refractivity contribution < 1.29 is 24.2 Å². The molecule has 1 amide bonds. The molecule has 1 aromatic carbocycles. The smallest absolute Gasteiger partial charge is 0.339 e. The van der Waals surface area contributed by atoms with E-state index in [1.165, 1.54) is 6.07 Å². The lowest BCUT2D eigenvalue weighted by Crippen LogP contribution is -2.43. The third-order valence-corrected chi connectivity index (χ3v) is 3.08. The van der Waals surface area contributed by atoms with E-state index in [4.69, 9.17) is 14.6 Å². The molecule has 1 heterocycles. The minimum absolute atomic E-state index is 0.0692. The van der Waals surface area contributed by atoms with Crippen molar-refractivity contribution in [2.45, 2.75) is 6.92 Å². The third-order valence-electron chi connectivity index (χ3n) is 3.08. The molecule has 0 spiro atoms. The highest BCUT2D eigenvalue weighted by molar-refractivity contribution is 5.91. The highest BCUT2D eigenvalue weighted by Gasteiger charge is 2.18. The van der Waals surface area contributed by atoms with Crippen molar-refractivity contribution in [3.63, 3.8) is 0 Å². The maximum atomic E-state index is 11.9. The van der Waals surface area contributed by atoms with E-state index in [-0.39, 0.29) is 23.8 Å². The molecule has 0 bridgehead atoms. The first-order chi connectivity index (χ1) is 9.58. The van der Waals surface area contributed by atoms with Crippen LogP contribution in [0.4, 0.5) is 0 Å². The van der Waals surface area contributed by atoms with Gasteiger partial charge in [0, 0.05) is 13.1 Å². The number of hydrogen-bond donors (Lipinski definition) is 1. The summed E-state index contributed by atoms with van der Waals surface area (Å²) in [6.07, 6.45) is 0. The number of nitrogens with zero attached hydrogens (tertiary/aromatic N) is 1. The zero-order chi connectivity index (χ0) is 14.5. The summed E-state index contributed by atoms with van der Waals surface area (Å²) in [5.41, 5.74) is 0.897. The van der Waals surface area contributed by atoms with Crippen LogP contribution in [0.15, 0.2) is 18.2 Å². The molecule has 1 aromatic rings. The van der Waals surface area contributed by atoms with E-state index in [1.54, 1.807) is 24.0 Å². The highest BCUT2D eigenvalue weighted by atomic mass is 16.5. The number of carboxylic acids is 1. The van der Waals surface area contributed by atoms with Gasteiger partial charge in [0.15, 0.2) is 6.61 Å². The van der Waals surface area contributed by atoms with E-state index in [9.17, 15) is 9.59 Å². The first-order valence-electron chi connectivity index (χ1n) is 6.40. The number of aryl methyl sites for hydroxylation is 1. The molecule has 6 heteroatoms. The molecule has 0 saturated carbocycles. The summed E-state index contributed by atoms with van der Waals surface area (Å²) in [6, 6.07) is 4.85. The average Bonchev–Trinajstić information content (AvgIpc) is 2.46. The van der Waals surface area contributed by atoms with Crippen molar-refractivity contribution in [2.24, 2.45) is 0 Å². The lowest BCUT2D eigenvalue weighted by molar-refractivity contribution is -0.137. The number of carbonyl (C=O) groups is 2. The van der Waals surface area contributed by atoms with E-state index >= 15 is 0 Å². The Morgan fingerprint density at radius 3 is 2.70 bits per heavy atom. The zero-order valence-corrected chi connectivity index (χ0v) is 11.3. The van der Waals surface area contributed by atoms with Gasteiger partial charge >= 0.3 is 5.97 Å². The number of ether oxygens (including phenoxy) is 2. The Bertz CT molecular complexity index is 508. The maximum Gasteiger partial charge on any atom is 0.339 e. The van der Waals surface area contributed by atoms with Gasteiger partial charge in [-0.3, -0.25) is 4.79 Å². The van der Waals surface area contributed by atoms with Gasteiger partial charge in [-0.15, -0.1) is 0 Å². The Morgan fingerprint density at radius 2 is 2.05 bits per heavy atom. The van der Waals surface area contributed by atoms with Gasteiger partial charge in [0.25, 0.3) is 5.91 Å². The summed E-state index contributed by atoms with van der Waals surface area (Å²) in [6.45, 7) is 3.77. The summed E-state index contributed by atoms with van der Waals surface area (Å²) in [7, 11) is 0. The van der Waals surface area contributed by atoms with Crippen LogP contribution in [0, 0.1) is 6.92 Å². The van der Waals surface area contributed by atoms with Crippen molar-refractivity contribution in [3.8, 4) is 5.75 Å². The van der Waals surface area contributed by atoms with E-state index in [2.05, 4.69) is 0 Å². The second kappa shape index (κ2) is 6.38. The molecule has 1 aliphatic rings. The molecule has 0 radical (unpaired) electrons. The highest BCUT2D eigenvalue weighted by Crippen LogP contribution is 2.20. The van der Waals surface area contributed by atoms with Crippen molar-refractivity contribution >= 4 is 11.9 Å². The topological polar surface area (TPSA) is 76.1 Å². The minimum atomic E-state index is -1.07. The van der Waals surface area contributed by atoms with Crippen LogP contribution in [0.25, 0.3) is 0 Å². The number of rotatable bonds is 4. The molecule has 1 aliphatic heterocycles. The molecule has 0 unspecified atom stereocenters. The second-order valence-corrected chi connectivity index (χ2v) is 4.59.